The molecule has 0 saturated carbocycles. The van der Waals surface area contributed by atoms with Crippen LogP contribution < -0.4 is 0 Å². The molecule has 1 fully saturated rings. The van der Waals surface area contributed by atoms with Gasteiger partial charge in [-0.05, 0) is 58.0 Å². The molecular weight excluding hydrogens is 319 g/mol. The Kier molecular flexibility index (Phi) is 6.13. The summed E-state index contributed by atoms with van der Waals surface area (Å²) in [5.41, 5.74) is 0.918. The SMILES string of the molecule is C[C@@H](C1CCCCN1C(=O)Cc1ccc(Cl)c(Cl)c1)N(C)C. The van der Waals surface area contributed by atoms with Crippen LogP contribution in [-0.4, -0.2) is 48.4 Å². The zero-order valence-corrected chi connectivity index (χ0v) is 15.0. The zero-order chi connectivity index (χ0) is 16.3. The Morgan fingerprint density at radius 2 is 2.05 bits per heavy atom. The molecule has 0 bridgehead atoms. The summed E-state index contributed by atoms with van der Waals surface area (Å²) in [7, 11) is 4.14. The maximum absolute atomic E-state index is 12.7. The van der Waals surface area contributed by atoms with Crippen LogP contribution in [0.1, 0.15) is 31.7 Å². The second kappa shape index (κ2) is 7.67. The average Bonchev–Trinajstić information content (AvgIpc) is 2.50. The minimum Gasteiger partial charge on any atom is -0.338 e. The number of hydrogen-bond donors (Lipinski definition) is 0. The maximum Gasteiger partial charge on any atom is 0.227 e. The molecule has 1 aromatic carbocycles. The number of carbonyl (C=O) groups is 1. The fraction of sp³-hybridized carbons (Fsp3) is 0.588. The number of benzene rings is 1. The largest absolute Gasteiger partial charge is 0.338 e. The molecule has 0 N–H and O–H groups in total. The predicted octanol–water partition coefficient (Wildman–Crippen LogP) is 3.87. The number of amides is 1. The van der Waals surface area contributed by atoms with Gasteiger partial charge in [0.15, 0.2) is 0 Å². The van der Waals surface area contributed by atoms with Gasteiger partial charge in [0.25, 0.3) is 0 Å². The van der Waals surface area contributed by atoms with Crippen molar-refractivity contribution < 1.29 is 4.79 Å². The van der Waals surface area contributed by atoms with Crippen LogP contribution in [0.2, 0.25) is 10.0 Å². The molecule has 1 aromatic rings. The third-order valence-corrected chi connectivity index (χ3v) is 5.32. The standard InChI is InChI=1S/C17H24Cl2N2O/c1-12(20(2)3)16-6-4-5-9-21(16)17(22)11-13-7-8-14(18)15(19)10-13/h7-8,10,12,16H,4-6,9,11H2,1-3H3/t12-,16?/m0/s1. The lowest BCUT2D eigenvalue weighted by atomic mass is 9.95. The normalized spacial score (nSPS) is 20.3. The van der Waals surface area contributed by atoms with Crippen molar-refractivity contribution in [1.82, 2.24) is 9.80 Å². The maximum atomic E-state index is 12.7. The van der Waals surface area contributed by atoms with Crippen molar-refractivity contribution in [3.05, 3.63) is 33.8 Å². The van der Waals surface area contributed by atoms with Crippen molar-refractivity contribution in [2.45, 2.75) is 44.7 Å². The summed E-state index contributed by atoms with van der Waals surface area (Å²) in [6.45, 7) is 3.04. The Hall–Kier alpha value is -0.770. The van der Waals surface area contributed by atoms with Crippen molar-refractivity contribution in [3.63, 3.8) is 0 Å². The van der Waals surface area contributed by atoms with Gasteiger partial charge in [-0.25, -0.2) is 0 Å². The molecule has 0 aromatic heterocycles. The number of piperidine rings is 1. The highest BCUT2D eigenvalue weighted by molar-refractivity contribution is 6.42. The fourth-order valence-electron chi connectivity index (χ4n) is 3.04. The van der Waals surface area contributed by atoms with E-state index >= 15 is 0 Å². The van der Waals surface area contributed by atoms with Gasteiger partial charge in [0.05, 0.1) is 16.5 Å². The lowest BCUT2D eigenvalue weighted by Crippen LogP contribution is -2.53. The summed E-state index contributed by atoms with van der Waals surface area (Å²) in [4.78, 5) is 17.0. The molecule has 1 aliphatic heterocycles. The summed E-state index contributed by atoms with van der Waals surface area (Å²) in [6, 6.07) is 6.07. The first-order valence-corrected chi connectivity index (χ1v) is 8.55. The first kappa shape index (κ1) is 17.6. The summed E-state index contributed by atoms with van der Waals surface area (Å²) < 4.78 is 0. The van der Waals surface area contributed by atoms with Gasteiger partial charge < -0.3 is 9.80 Å². The number of hydrogen-bond acceptors (Lipinski definition) is 2. The van der Waals surface area contributed by atoms with Crippen molar-refractivity contribution >= 4 is 29.1 Å². The highest BCUT2D eigenvalue weighted by atomic mass is 35.5. The van der Waals surface area contributed by atoms with E-state index in [-0.39, 0.29) is 5.91 Å². The molecule has 3 nitrogen and oxygen atoms in total. The van der Waals surface area contributed by atoms with Gasteiger partial charge in [0, 0.05) is 18.6 Å². The minimum absolute atomic E-state index is 0.178. The summed E-state index contributed by atoms with van der Waals surface area (Å²) in [5, 5.41) is 1.03. The summed E-state index contributed by atoms with van der Waals surface area (Å²) >= 11 is 12.0. The van der Waals surface area contributed by atoms with Crippen LogP contribution in [0.25, 0.3) is 0 Å². The van der Waals surface area contributed by atoms with Gasteiger partial charge in [-0.1, -0.05) is 29.3 Å². The van der Waals surface area contributed by atoms with E-state index in [1.807, 2.05) is 6.07 Å². The molecule has 0 radical (unpaired) electrons. The molecule has 2 rings (SSSR count). The minimum atomic E-state index is 0.178. The fourth-order valence-corrected chi connectivity index (χ4v) is 3.36. The number of likely N-dealkylation sites (N-methyl/N-ethyl adjacent to an activating group) is 1. The second-order valence-electron chi connectivity index (χ2n) is 6.28. The van der Waals surface area contributed by atoms with Gasteiger partial charge in [-0.15, -0.1) is 0 Å². The molecule has 0 spiro atoms. The van der Waals surface area contributed by atoms with Crippen molar-refractivity contribution in [3.8, 4) is 0 Å². The van der Waals surface area contributed by atoms with Crippen molar-refractivity contribution in [1.29, 1.82) is 0 Å². The number of nitrogens with zero attached hydrogens (tertiary/aromatic N) is 2. The molecule has 1 amide bonds. The van der Waals surface area contributed by atoms with E-state index in [2.05, 4.69) is 30.8 Å². The highest BCUT2D eigenvalue weighted by Crippen LogP contribution is 2.25. The van der Waals surface area contributed by atoms with Gasteiger partial charge >= 0.3 is 0 Å². The van der Waals surface area contributed by atoms with E-state index in [1.165, 1.54) is 6.42 Å². The Labute approximate surface area is 143 Å². The molecule has 1 saturated heterocycles. The third-order valence-electron chi connectivity index (χ3n) is 4.58. The zero-order valence-electron chi connectivity index (χ0n) is 13.5. The van der Waals surface area contributed by atoms with Crippen LogP contribution in [0.4, 0.5) is 0 Å². The first-order valence-electron chi connectivity index (χ1n) is 7.80. The number of rotatable bonds is 4. The molecular formula is C17H24Cl2N2O. The summed E-state index contributed by atoms with van der Waals surface area (Å²) in [6.07, 6.45) is 3.74. The number of carbonyl (C=O) groups excluding carboxylic acids is 1. The quantitative estimate of drug-likeness (QED) is 0.829. The summed E-state index contributed by atoms with van der Waals surface area (Å²) in [5.74, 6) is 0.178. The highest BCUT2D eigenvalue weighted by Gasteiger charge is 2.31. The van der Waals surface area contributed by atoms with E-state index in [9.17, 15) is 4.79 Å². The molecule has 5 heteroatoms. The van der Waals surface area contributed by atoms with E-state index in [4.69, 9.17) is 23.2 Å². The van der Waals surface area contributed by atoms with Crippen LogP contribution >= 0.6 is 23.2 Å². The van der Waals surface area contributed by atoms with E-state index < -0.39 is 0 Å². The molecule has 2 atom stereocenters. The Morgan fingerprint density at radius 3 is 2.68 bits per heavy atom. The van der Waals surface area contributed by atoms with Crippen molar-refractivity contribution in [2.75, 3.05) is 20.6 Å². The monoisotopic (exact) mass is 342 g/mol. The number of halogens is 2. The number of likely N-dealkylation sites (tertiary alicyclic amines) is 1. The van der Waals surface area contributed by atoms with Crippen LogP contribution in [0.3, 0.4) is 0 Å². The smallest absolute Gasteiger partial charge is 0.227 e. The second-order valence-corrected chi connectivity index (χ2v) is 7.09. The molecule has 1 heterocycles. The predicted molar refractivity (Wildman–Crippen MR) is 92.7 cm³/mol. The van der Waals surface area contributed by atoms with E-state index in [1.54, 1.807) is 12.1 Å². The Balaban J connectivity index is 2.10. The van der Waals surface area contributed by atoms with Gasteiger partial charge in [0.2, 0.25) is 5.91 Å². The van der Waals surface area contributed by atoms with E-state index in [0.29, 0.717) is 28.5 Å². The Bertz CT molecular complexity index is 533. The molecule has 122 valence electrons. The molecule has 1 unspecified atom stereocenters. The van der Waals surface area contributed by atoms with E-state index in [0.717, 1.165) is 24.9 Å². The van der Waals surface area contributed by atoms with Crippen LogP contribution in [0, 0.1) is 0 Å². The van der Waals surface area contributed by atoms with Crippen LogP contribution in [0.5, 0.6) is 0 Å². The third kappa shape index (κ3) is 4.15. The Morgan fingerprint density at radius 1 is 1.32 bits per heavy atom. The van der Waals surface area contributed by atoms with Gasteiger partial charge in [-0.3, -0.25) is 4.79 Å². The van der Waals surface area contributed by atoms with Crippen LogP contribution in [0.15, 0.2) is 18.2 Å². The molecule has 0 aliphatic carbocycles. The molecule has 1 aliphatic rings. The van der Waals surface area contributed by atoms with Crippen molar-refractivity contribution in [2.24, 2.45) is 0 Å². The van der Waals surface area contributed by atoms with Crippen LogP contribution in [-0.2, 0) is 11.2 Å². The molecule has 22 heavy (non-hydrogen) atoms. The average molecular weight is 343 g/mol. The van der Waals surface area contributed by atoms with Gasteiger partial charge in [-0.2, -0.15) is 0 Å². The lowest BCUT2D eigenvalue weighted by Gasteiger charge is -2.41. The van der Waals surface area contributed by atoms with Gasteiger partial charge in [0.1, 0.15) is 0 Å². The first-order chi connectivity index (χ1) is 10.4. The topological polar surface area (TPSA) is 23.6 Å². The lowest BCUT2D eigenvalue weighted by molar-refractivity contribution is -0.135.